The Labute approximate surface area is 151 Å². The summed E-state index contributed by atoms with van der Waals surface area (Å²) in [5, 5.41) is 11.6. The SMILES string of the molecule is O=C(NCCn1ncc2c(NCCc3ccccc3)ncnc21)C1CC1. The van der Waals surface area contributed by atoms with Gasteiger partial charge in [0.15, 0.2) is 5.65 Å². The Morgan fingerprint density at radius 3 is 2.81 bits per heavy atom. The summed E-state index contributed by atoms with van der Waals surface area (Å²) in [4.78, 5) is 20.4. The fourth-order valence-corrected chi connectivity index (χ4v) is 2.94. The molecule has 4 rings (SSSR count). The monoisotopic (exact) mass is 350 g/mol. The minimum absolute atomic E-state index is 0.152. The molecule has 2 aromatic heterocycles. The predicted molar refractivity (Wildman–Crippen MR) is 99.7 cm³/mol. The van der Waals surface area contributed by atoms with Crippen molar-refractivity contribution in [2.24, 2.45) is 5.92 Å². The summed E-state index contributed by atoms with van der Waals surface area (Å²) in [6.07, 6.45) is 6.29. The number of anilines is 1. The maximum Gasteiger partial charge on any atom is 0.223 e. The summed E-state index contributed by atoms with van der Waals surface area (Å²) in [5.41, 5.74) is 2.07. The number of hydrogen-bond donors (Lipinski definition) is 2. The van der Waals surface area contributed by atoms with Crippen LogP contribution < -0.4 is 10.6 Å². The zero-order valence-electron chi connectivity index (χ0n) is 14.6. The zero-order chi connectivity index (χ0) is 17.8. The average Bonchev–Trinajstić information content (AvgIpc) is 3.44. The third kappa shape index (κ3) is 3.82. The minimum atomic E-state index is 0.152. The second kappa shape index (κ2) is 7.51. The van der Waals surface area contributed by atoms with E-state index in [1.165, 1.54) is 5.56 Å². The highest BCUT2D eigenvalue weighted by atomic mass is 16.2. The maximum atomic E-state index is 11.7. The van der Waals surface area contributed by atoms with E-state index in [1.54, 1.807) is 12.5 Å². The van der Waals surface area contributed by atoms with E-state index in [4.69, 9.17) is 0 Å². The largest absolute Gasteiger partial charge is 0.369 e. The van der Waals surface area contributed by atoms with Gasteiger partial charge in [-0.15, -0.1) is 0 Å². The van der Waals surface area contributed by atoms with Gasteiger partial charge in [0.1, 0.15) is 12.1 Å². The van der Waals surface area contributed by atoms with Crippen molar-refractivity contribution < 1.29 is 4.79 Å². The van der Waals surface area contributed by atoms with E-state index in [1.807, 2.05) is 22.9 Å². The smallest absolute Gasteiger partial charge is 0.223 e. The molecular weight excluding hydrogens is 328 g/mol. The van der Waals surface area contributed by atoms with Gasteiger partial charge in [-0.2, -0.15) is 5.10 Å². The molecule has 7 nitrogen and oxygen atoms in total. The third-order valence-electron chi connectivity index (χ3n) is 4.55. The van der Waals surface area contributed by atoms with Crippen molar-refractivity contribution in [3.05, 3.63) is 48.4 Å². The van der Waals surface area contributed by atoms with E-state index in [9.17, 15) is 4.79 Å². The highest BCUT2D eigenvalue weighted by molar-refractivity contribution is 5.86. The van der Waals surface area contributed by atoms with Gasteiger partial charge in [-0.3, -0.25) is 4.79 Å². The van der Waals surface area contributed by atoms with E-state index in [-0.39, 0.29) is 11.8 Å². The summed E-state index contributed by atoms with van der Waals surface area (Å²) in [5.74, 6) is 1.17. The minimum Gasteiger partial charge on any atom is -0.369 e. The molecule has 0 saturated heterocycles. The highest BCUT2D eigenvalue weighted by Crippen LogP contribution is 2.28. The fraction of sp³-hybridized carbons (Fsp3) is 0.368. The second-order valence-corrected chi connectivity index (χ2v) is 6.55. The fourth-order valence-electron chi connectivity index (χ4n) is 2.94. The van der Waals surface area contributed by atoms with Crippen molar-refractivity contribution in [3.8, 4) is 0 Å². The van der Waals surface area contributed by atoms with Gasteiger partial charge in [0.25, 0.3) is 0 Å². The van der Waals surface area contributed by atoms with Crippen molar-refractivity contribution in [3.63, 3.8) is 0 Å². The van der Waals surface area contributed by atoms with Crippen molar-refractivity contribution in [2.75, 3.05) is 18.4 Å². The summed E-state index contributed by atoms with van der Waals surface area (Å²) >= 11 is 0. The Morgan fingerprint density at radius 2 is 2.00 bits per heavy atom. The van der Waals surface area contributed by atoms with Gasteiger partial charge in [-0.05, 0) is 24.8 Å². The Kier molecular flexibility index (Phi) is 4.77. The molecule has 0 spiro atoms. The zero-order valence-corrected chi connectivity index (χ0v) is 14.6. The number of nitrogens with zero attached hydrogens (tertiary/aromatic N) is 4. The van der Waals surface area contributed by atoms with Gasteiger partial charge in [-0.25, -0.2) is 14.6 Å². The molecule has 1 saturated carbocycles. The van der Waals surface area contributed by atoms with E-state index in [0.717, 1.165) is 42.7 Å². The van der Waals surface area contributed by atoms with Crippen molar-refractivity contribution in [2.45, 2.75) is 25.8 Å². The number of carbonyl (C=O) groups is 1. The molecule has 7 heteroatoms. The molecule has 1 aliphatic carbocycles. The molecule has 0 aliphatic heterocycles. The van der Waals surface area contributed by atoms with Gasteiger partial charge in [0.2, 0.25) is 5.91 Å². The molecule has 134 valence electrons. The van der Waals surface area contributed by atoms with E-state index in [2.05, 4.69) is 37.8 Å². The number of carbonyl (C=O) groups excluding carboxylic acids is 1. The molecule has 1 aliphatic rings. The van der Waals surface area contributed by atoms with Gasteiger partial charge in [0.05, 0.1) is 18.1 Å². The van der Waals surface area contributed by atoms with Gasteiger partial charge in [0, 0.05) is 19.0 Å². The van der Waals surface area contributed by atoms with E-state index >= 15 is 0 Å². The number of hydrogen-bond acceptors (Lipinski definition) is 5. The molecule has 3 aromatic rings. The first kappa shape index (κ1) is 16.5. The Balaban J connectivity index is 1.37. The topological polar surface area (TPSA) is 84.7 Å². The average molecular weight is 350 g/mol. The second-order valence-electron chi connectivity index (χ2n) is 6.55. The Bertz CT molecular complexity index is 887. The van der Waals surface area contributed by atoms with Crippen LogP contribution in [0.15, 0.2) is 42.9 Å². The van der Waals surface area contributed by atoms with Gasteiger partial charge < -0.3 is 10.6 Å². The highest BCUT2D eigenvalue weighted by Gasteiger charge is 2.29. The van der Waals surface area contributed by atoms with Crippen LogP contribution in [0.25, 0.3) is 11.0 Å². The molecule has 0 radical (unpaired) electrons. The third-order valence-corrected chi connectivity index (χ3v) is 4.55. The molecule has 1 fully saturated rings. The molecule has 2 heterocycles. The molecule has 1 amide bonds. The number of aromatic nitrogens is 4. The number of benzene rings is 1. The van der Waals surface area contributed by atoms with Crippen molar-refractivity contribution in [1.29, 1.82) is 0 Å². The van der Waals surface area contributed by atoms with E-state index in [0.29, 0.717) is 13.1 Å². The number of fused-ring (bicyclic) bond motifs is 1. The summed E-state index contributed by atoms with van der Waals surface area (Å²) in [7, 11) is 0. The molecular formula is C19H22N6O. The van der Waals surface area contributed by atoms with E-state index < -0.39 is 0 Å². The lowest BCUT2D eigenvalue weighted by Crippen LogP contribution is -2.28. The Hall–Kier alpha value is -2.96. The van der Waals surface area contributed by atoms with Crippen LogP contribution in [0.2, 0.25) is 0 Å². The summed E-state index contributed by atoms with van der Waals surface area (Å²) < 4.78 is 1.81. The van der Waals surface area contributed by atoms with Crippen LogP contribution in [0.4, 0.5) is 5.82 Å². The van der Waals surface area contributed by atoms with Crippen molar-refractivity contribution >= 4 is 22.8 Å². The first-order valence-corrected chi connectivity index (χ1v) is 9.03. The van der Waals surface area contributed by atoms with Crippen LogP contribution in [0, 0.1) is 5.92 Å². The van der Waals surface area contributed by atoms with Crippen LogP contribution in [-0.2, 0) is 17.8 Å². The van der Waals surface area contributed by atoms with Gasteiger partial charge in [-0.1, -0.05) is 30.3 Å². The number of nitrogens with one attached hydrogen (secondary N) is 2. The standard InChI is InChI=1S/C19H22N6O/c26-19(15-6-7-15)21-10-11-25-18-16(12-24-25)17(22-13-23-18)20-9-8-14-4-2-1-3-5-14/h1-5,12-13,15H,6-11H2,(H,21,26)(H,20,22,23). The van der Waals surface area contributed by atoms with Crippen LogP contribution in [0.5, 0.6) is 0 Å². The van der Waals surface area contributed by atoms with Crippen LogP contribution in [0.1, 0.15) is 18.4 Å². The van der Waals surface area contributed by atoms with Crippen LogP contribution >= 0.6 is 0 Å². The molecule has 0 unspecified atom stereocenters. The van der Waals surface area contributed by atoms with Crippen LogP contribution in [-0.4, -0.2) is 38.7 Å². The molecule has 1 aromatic carbocycles. The lowest BCUT2D eigenvalue weighted by atomic mass is 10.1. The molecule has 0 bridgehead atoms. The maximum absolute atomic E-state index is 11.7. The summed E-state index contributed by atoms with van der Waals surface area (Å²) in [6, 6.07) is 10.3. The Morgan fingerprint density at radius 1 is 1.15 bits per heavy atom. The normalized spacial score (nSPS) is 13.7. The van der Waals surface area contributed by atoms with Crippen molar-refractivity contribution in [1.82, 2.24) is 25.1 Å². The lowest BCUT2D eigenvalue weighted by molar-refractivity contribution is -0.122. The molecule has 2 N–H and O–H groups in total. The summed E-state index contributed by atoms with van der Waals surface area (Å²) in [6.45, 7) is 1.95. The quantitative estimate of drug-likeness (QED) is 0.649. The predicted octanol–water partition coefficient (Wildman–Crippen LogP) is 2.01. The molecule has 26 heavy (non-hydrogen) atoms. The number of rotatable bonds is 8. The first-order valence-electron chi connectivity index (χ1n) is 9.03. The molecule has 0 atom stereocenters. The lowest BCUT2D eigenvalue weighted by Gasteiger charge is -2.07. The first-order chi connectivity index (χ1) is 12.8. The van der Waals surface area contributed by atoms with Gasteiger partial charge >= 0.3 is 0 Å². The number of amides is 1. The van der Waals surface area contributed by atoms with Crippen LogP contribution in [0.3, 0.4) is 0 Å².